The van der Waals surface area contributed by atoms with E-state index in [0.29, 0.717) is 25.7 Å². The monoisotopic (exact) mass is 1470 g/mol. The smallest absolute Gasteiger partial charge is 0.462 e. The van der Waals surface area contributed by atoms with E-state index in [1.54, 1.807) is 0 Å². The summed E-state index contributed by atoms with van der Waals surface area (Å²) < 4.78 is 68.4. The summed E-state index contributed by atoms with van der Waals surface area (Å²) in [4.78, 5) is 72.7. The number of carbonyl (C=O) groups excluding carboxylic acids is 4. The van der Waals surface area contributed by atoms with Crippen molar-refractivity contribution >= 4 is 39.5 Å². The maximum absolute atomic E-state index is 13.1. The van der Waals surface area contributed by atoms with Gasteiger partial charge in [0.25, 0.3) is 0 Å². The Morgan fingerprint density at radius 2 is 0.460 bits per heavy atom. The summed E-state index contributed by atoms with van der Waals surface area (Å²) in [5.74, 6) is 0.272. The van der Waals surface area contributed by atoms with Gasteiger partial charge < -0.3 is 33.8 Å². The van der Waals surface area contributed by atoms with Crippen LogP contribution in [0, 0.1) is 17.8 Å². The molecule has 19 heteroatoms. The second-order valence-corrected chi connectivity index (χ2v) is 33.5. The molecule has 0 aromatic heterocycles. The lowest BCUT2D eigenvalue weighted by Gasteiger charge is -2.21. The van der Waals surface area contributed by atoms with Gasteiger partial charge in [-0.3, -0.25) is 37.3 Å². The third kappa shape index (κ3) is 74.3. The molecule has 0 rings (SSSR count). The van der Waals surface area contributed by atoms with Crippen molar-refractivity contribution in [2.45, 2.75) is 439 Å². The molecule has 0 bridgehead atoms. The molecule has 0 spiro atoms. The van der Waals surface area contributed by atoms with E-state index in [1.807, 2.05) is 0 Å². The lowest BCUT2D eigenvalue weighted by Crippen LogP contribution is -2.30. The number of esters is 4. The predicted octanol–water partition coefficient (Wildman–Crippen LogP) is 24.1. The summed E-state index contributed by atoms with van der Waals surface area (Å²) in [6, 6.07) is 0. The van der Waals surface area contributed by atoms with Gasteiger partial charge in [-0.25, -0.2) is 9.13 Å². The molecule has 5 atom stereocenters. The van der Waals surface area contributed by atoms with Crippen LogP contribution in [0.4, 0.5) is 0 Å². The first-order chi connectivity index (χ1) is 48.2. The zero-order valence-electron chi connectivity index (χ0n) is 65.7. The number of hydrogen-bond acceptors (Lipinski definition) is 15. The van der Waals surface area contributed by atoms with Crippen molar-refractivity contribution in [2.24, 2.45) is 17.8 Å². The number of aliphatic hydroxyl groups is 1. The largest absolute Gasteiger partial charge is 0.472 e. The summed E-state index contributed by atoms with van der Waals surface area (Å²) in [6.45, 7) is 11.9. The van der Waals surface area contributed by atoms with E-state index >= 15 is 0 Å². The van der Waals surface area contributed by atoms with Crippen LogP contribution in [0.25, 0.3) is 0 Å². The van der Waals surface area contributed by atoms with Gasteiger partial charge >= 0.3 is 39.5 Å². The van der Waals surface area contributed by atoms with Crippen LogP contribution in [-0.4, -0.2) is 96.7 Å². The van der Waals surface area contributed by atoms with Gasteiger partial charge in [0.2, 0.25) is 0 Å². The molecule has 0 aromatic rings. The molecular weight excluding hydrogens is 1310 g/mol. The first kappa shape index (κ1) is 98.1. The average Bonchev–Trinajstić information content (AvgIpc) is 0.956. The number of rotatable bonds is 79. The minimum absolute atomic E-state index is 0.105. The molecule has 0 amide bonds. The Bertz CT molecular complexity index is 1940. The maximum atomic E-state index is 13.1. The number of carbonyl (C=O) groups is 4. The summed E-state index contributed by atoms with van der Waals surface area (Å²) in [6.07, 6.45) is 60.3. The summed E-state index contributed by atoms with van der Waals surface area (Å²) in [5, 5.41) is 10.6. The lowest BCUT2D eigenvalue weighted by atomic mass is 10.0. The number of phosphoric ester groups is 2. The SMILES string of the molecule is CCCCCCCC(=O)OC[C@H](COP(=O)(O)OC[C@H](O)COP(=O)(O)OC[C@@H](COC(=O)CCCCCCCCCCCCCCCCCCCCC(C)C)OC(=O)CCCCCCCCCCCCCCCCCCCCC(C)C)OC(=O)CCCCCCCCCCCCC(C)C. The van der Waals surface area contributed by atoms with Gasteiger partial charge in [-0.1, -0.05) is 370 Å². The minimum Gasteiger partial charge on any atom is -0.462 e. The minimum atomic E-state index is -4.96. The van der Waals surface area contributed by atoms with Crippen molar-refractivity contribution in [3.05, 3.63) is 0 Å². The van der Waals surface area contributed by atoms with Gasteiger partial charge in [0.05, 0.1) is 26.4 Å². The normalized spacial score (nSPS) is 14.0. The molecular formula is C81H158O17P2. The molecule has 0 fully saturated rings. The van der Waals surface area contributed by atoms with Crippen molar-refractivity contribution in [3.8, 4) is 0 Å². The predicted molar refractivity (Wildman–Crippen MR) is 409 cm³/mol. The first-order valence-electron chi connectivity index (χ1n) is 41.8. The molecule has 0 radical (unpaired) electrons. The highest BCUT2D eigenvalue weighted by atomic mass is 31.2. The summed E-state index contributed by atoms with van der Waals surface area (Å²) in [5.41, 5.74) is 0. The van der Waals surface area contributed by atoms with E-state index in [1.165, 1.54) is 225 Å². The molecule has 17 nitrogen and oxygen atoms in total. The van der Waals surface area contributed by atoms with Crippen molar-refractivity contribution < 1.29 is 80.2 Å². The number of hydrogen-bond donors (Lipinski definition) is 3. The fraction of sp³-hybridized carbons (Fsp3) is 0.951. The van der Waals surface area contributed by atoms with Gasteiger partial charge in [-0.15, -0.1) is 0 Å². The molecule has 3 N–H and O–H groups in total. The van der Waals surface area contributed by atoms with Crippen LogP contribution < -0.4 is 0 Å². The van der Waals surface area contributed by atoms with E-state index in [0.717, 1.165) is 114 Å². The third-order valence-corrected chi connectivity index (χ3v) is 20.8. The Balaban J connectivity index is 5.11. The Hall–Kier alpha value is -1.94. The zero-order chi connectivity index (χ0) is 73.7. The molecule has 100 heavy (non-hydrogen) atoms. The Labute approximate surface area is 613 Å². The van der Waals surface area contributed by atoms with E-state index in [9.17, 15) is 43.2 Å². The molecule has 594 valence electrons. The van der Waals surface area contributed by atoms with E-state index in [4.69, 9.17) is 37.0 Å². The van der Waals surface area contributed by atoms with E-state index < -0.39 is 97.5 Å². The van der Waals surface area contributed by atoms with Gasteiger partial charge in [-0.2, -0.15) is 0 Å². The Kier molecular flexibility index (Phi) is 69.9. The number of ether oxygens (including phenoxy) is 4. The maximum Gasteiger partial charge on any atom is 0.472 e. The quantitative estimate of drug-likeness (QED) is 0.0222. The standard InChI is InChI=1S/C81H158O17P2/c1-8-9-10-45-55-62-78(83)91-68-76(97-80(85)65-58-51-44-38-32-31-35-41-48-54-61-74(6)7)70-95-99(87,88)93-66-75(82)67-94-100(89,90)96-71-77(98-81(86)64-57-50-43-37-30-26-22-18-14-12-16-20-24-28-34-40-47-53-60-73(4)5)69-92-79(84)63-56-49-42-36-29-25-21-17-13-11-15-19-23-27-33-39-46-52-59-72(2)3/h72-77,82H,8-71H2,1-7H3,(H,87,88)(H,89,90)/t75-,76+,77+/m0/s1. The topological polar surface area (TPSA) is 237 Å². The van der Waals surface area contributed by atoms with Gasteiger partial charge in [0, 0.05) is 25.7 Å². The van der Waals surface area contributed by atoms with Crippen LogP contribution in [-0.2, 0) is 65.4 Å². The van der Waals surface area contributed by atoms with Crippen LogP contribution in [0.5, 0.6) is 0 Å². The fourth-order valence-electron chi connectivity index (χ4n) is 12.5. The van der Waals surface area contributed by atoms with Crippen molar-refractivity contribution in [2.75, 3.05) is 39.6 Å². The van der Waals surface area contributed by atoms with Crippen LogP contribution in [0.2, 0.25) is 0 Å². The highest BCUT2D eigenvalue weighted by Gasteiger charge is 2.30. The highest BCUT2D eigenvalue weighted by molar-refractivity contribution is 7.47. The average molecular weight is 1470 g/mol. The Morgan fingerprint density at radius 1 is 0.270 bits per heavy atom. The van der Waals surface area contributed by atoms with Gasteiger partial charge in [0.15, 0.2) is 12.2 Å². The van der Waals surface area contributed by atoms with Crippen LogP contribution in [0.3, 0.4) is 0 Å². The highest BCUT2D eigenvalue weighted by Crippen LogP contribution is 2.45. The number of aliphatic hydroxyl groups excluding tert-OH is 1. The molecule has 0 aliphatic rings. The van der Waals surface area contributed by atoms with E-state index in [2.05, 4.69) is 48.5 Å². The van der Waals surface area contributed by atoms with Crippen LogP contribution in [0.15, 0.2) is 0 Å². The summed E-state index contributed by atoms with van der Waals surface area (Å²) in [7, 11) is -9.91. The van der Waals surface area contributed by atoms with E-state index in [-0.39, 0.29) is 25.7 Å². The lowest BCUT2D eigenvalue weighted by molar-refractivity contribution is -0.161. The van der Waals surface area contributed by atoms with Crippen molar-refractivity contribution in [1.82, 2.24) is 0 Å². The molecule has 0 saturated carbocycles. The van der Waals surface area contributed by atoms with Crippen LogP contribution in [0.1, 0.15) is 421 Å². The summed E-state index contributed by atoms with van der Waals surface area (Å²) >= 11 is 0. The number of phosphoric acid groups is 2. The molecule has 0 aliphatic heterocycles. The second kappa shape index (κ2) is 71.3. The second-order valence-electron chi connectivity index (χ2n) is 30.6. The molecule has 2 unspecified atom stereocenters. The van der Waals surface area contributed by atoms with Crippen molar-refractivity contribution in [3.63, 3.8) is 0 Å². The Morgan fingerprint density at radius 3 is 0.680 bits per heavy atom. The zero-order valence-corrected chi connectivity index (χ0v) is 67.5. The van der Waals surface area contributed by atoms with Gasteiger partial charge in [-0.05, 0) is 43.4 Å². The molecule has 0 heterocycles. The number of unbranched alkanes of at least 4 members (excludes halogenated alkanes) is 47. The molecule has 0 aromatic carbocycles. The molecule has 0 aliphatic carbocycles. The first-order valence-corrected chi connectivity index (χ1v) is 44.8. The molecule has 0 saturated heterocycles. The third-order valence-electron chi connectivity index (χ3n) is 18.9. The van der Waals surface area contributed by atoms with Crippen molar-refractivity contribution in [1.29, 1.82) is 0 Å². The fourth-order valence-corrected chi connectivity index (χ4v) is 14.1. The van der Waals surface area contributed by atoms with Crippen LogP contribution >= 0.6 is 15.6 Å². The van der Waals surface area contributed by atoms with Gasteiger partial charge in [0.1, 0.15) is 19.3 Å².